The molecule has 0 spiro atoms. The zero-order valence-corrected chi connectivity index (χ0v) is 10.9. The number of hydrogen-bond acceptors (Lipinski definition) is 2. The van der Waals surface area contributed by atoms with Gasteiger partial charge in [-0.25, -0.2) is 0 Å². The average molecular weight is 244 g/mol. The van der Waals surface area contributed by atoms with Gasteiger partial charge in [-0.3, -0.25) is 9.59 Å². The van der Waals surface area contributed by atoms with Crippen LogP contribution in [0.2, 0.25) is 0 Å². The molecule has 0 saturated heterocycles. The lowest BCUT2D eigenvalue weighted by molar-refractivity contribution is -0.121. The number of ketones is 2. The second-order valence-electron chi connectivity index (χ2n) is 4.38. The Morgan fingerprint density at radius 1 is 1.28 bits per heavy atom. The van der Waals surface area contributed by atoms with Crippen LogP contribution >= 0.6 is 0 Å². The lowest BCUT2D eigenvalue weighted by Crippen LogP contribution is -2.23. The molecule has 96 valence electrons. The minimum Gasteiger partial charge on any atom is -0.299 e. The third kappa shape index (κ3) is 3.95. The Balaban J connectivity index is 2.81. The van der Waals surface area contributed by atoms with Crippen molar-refractivity contribution in [2.24, 2.45) is 5.92 Å². The summed E-state index contributed by atoms with van der Waals surface area (Å²) in [5.74, 6) is -0.612. The number of benzene rings is 1. The van der Waals surface area contributed by atoms with Crippen LogP contribution in [0.3, 0.4) is 0 Å². The molecule has 2 heteroatoms. The van der Waals surface area contributed by atoms with E-state index in [1.54, 1.807) is 18.2 Å². The molecule has 1 aromatic rings. The van der Waals surface area contributed by atoms with Crippen LogP contribution < -0.4 is 0 Å². The number of carbonyl (C=O) groups is 2. The van der Waals surface area contributed by atoms with Gasteiger partial charge in [-0.15, -0.1) is 6.58 Å². The van der Waals surface area contributed by atoms with Crippen molar-refractivity contribution in [2.45, 2.75) is 32.6 Å². The molecule has 1 unspecified atom stereocenters. The Bertz CT molecular complexity index is 406. The van der Waals surface area contributed by atoms with E-state index in [0.29, 0.717) is 18.4 Å². The predicted molar refractivity (Wildman–Crippen MR) is 73.6 cm³/mol. The third-order valence-electron chi connectivity index (χ3n) is 2.94. The van der Waals surface area contributed by atoms with E-state index in [2.05, 4.69) is 6.58 Å². The van der Waals surface area contributed by atoms with E-state index in [1.807, 2.05) is 25.1 Å². The predicted octanol–water partition coefficient (Wildman–Crippen LogP) is 3.82. The van der Waals surface area contributed by atoms with Gasteiger partial charge in [0.1, 0.15) is 5.78 Å². The molecule has 0 N–H and O–H groups in total. The number of allylic oxidation sites excluding steroid dienone is 1. The largest absolute Gasteiger partial charge is 0.299 e. The van der Waals surface area contributed by atoms with Crippen LogP contribution in [0.5, 0.6) is 0 Å². The van der Waals surface area contributed by atoms with Gasteiger partial charge in [0.05, 0.1) is 5.92 Å². The molecule has 1 atom stereocenters. The minimum atomic E-state index is -0.559. The number of carbonyl (C=O) groups excluding carboxylic acids is 2. The second kappa shape index (κ2) is 7.59. The topological polar surface area (TPSA) is 34.1 Å². The number of rotatable bonds is 8. The van der Waals surface area contributed by atoms with Crippen LogP contribution in [0.1, 0.15) is 43.0 Å². The minimum absolute atomic E-state index is 0.0330. The van der Waals surface area contributed by atoms with Crippen LogP contribution in [0.25, 0.3) is 0 Å². The Hall–Kier alpha value is -1.70. The molecule has 0 bridgehead atoms. The van der Waals surface area contributed by atoms with Gasteiger partial charge in [0.15, 0.2) is 5.78 Å². The maximum atomic E-state index is 12.3. The van der Waals surface area contributed by atoms with E-state index in [4.69, 9.17) is 0 Å². The van der Waals surface area contributed by atoms with Crippen LogP contribution in [-0.4, -0.2) is 11.6 Å². The van der Waals surface area contributed by atoms with E-state index in [0.717, 1.165) is 12.8 Å². The molecular formula is C16H20O2. The van der Waals surface area contributed by atoms with Crippen molar-refractivity contribution >= 4 is 11.6 Å². The van der Waals surface area contributed by atoms with Gasteiger partial charge in [-0.1, -0.05) is 49.8 Å². The third-order valence-corrected chi connectivity index (χ3v) is 2.94. The van der Waals surface area contributed by atoms with Crippen molar-refractivity contribution in [3.63, 3.8) is 0 Å². The first-order chi connectivity index (χ1) is 8.70. The lowest BCUT2D eigenvalue weighted by Gasteiger charge is -2.12. The monoisotopic (exact) mass is 244 g/mol. The summed E-state index contributed by atoms with van der Waals surface area (Å²) < 4.78 is 0. The first kappa shape index (κ1) is 14.4. The zero-order chi connectivity index (χ0) is 13.4. The molecule has 0 aliphatic rings. The van der Waals surface area contributed by atoms with E-state index in [9.17, 15) is 9.59 Å². The smallest absolute Gasteiger partial charge is 0.173 e. The summed E-state index contributed by atoms with van der Waals surface area (Å²) in [5.41, 5.74) is 0.606. The highest BCUT2D eigenvalue weighted by atomic mass is 16.1. The summed E-state index contributed by atoms with van der Waals surface area (Å²) in [6, 6.07) is 9.00. The van der Waals surface area contributed by atoms with Crippen molar-refractivity contribution in [1.29, 1.82) is 0 Å². The summed E-state index contributed by atoms with van der Waals surface area (Å²) >= 11 is 0. The van der Waals surface area contributed by atoms with Crippen molar-refractivity contribution in [3.05, 3.63) is 48.6 Å². The fourth-order valence-corrected chi connectivity index (χ4v) is 1.88. The summed E-state index contributed by atoms with van der Waals surface area (Å²) in [6.45, 7) is 5.67. The van der Waals surface area contributed by atoms with Gasteiger partial charge in [0.2, 0.25) is 0 Å². The molecule has 2 nitrogen and oxygen atoms in total. The van der Waals surface area contributed by atoms with E-state index in [1.165, 1.54) is 0 Å². The van der Waals surface area contributed by atoms with Crippen LogP contribution in [0.4, 0.5) is 0 Å². The molecule has 1 aromatic carbocycles. The van der Waals surface area contributed by atoms with Gasteiger partial charge in [-0.2, -0.15) is 0 Å². The fourth-order valence-electron chi connectivity index (χ4n) is 1.88. The van der Waals surface area contributed by atoms with Gasteiger partial charge >= 0.3 is 0 Å². The van der Waals surface area contributed by atoms with Crippen molar-refractivity contribution in [2.75, 3.05) is 0 Å². The molecule has 0 aliphatic carbocycles. The lowest BCUT2D eigenvalue weighted by atomic mass is 9.88. The normalized spacial score (nSPS) is 11.8. The molecule has 0 radical (unpaired) electrons. The van der Waals surface area contributed by atoms with Gasteiger partial charge in [0, 0.05) is 12.0 Å². The Labute approximate surface area is 109 Å². The standard InChI is InChI=1S/C16H20O2/c1-3-5-12-15(17)14(9-4-2)16(18)13-10-7-6-8-11-13/h4,6-8,10-11,14H,2-3,5,9,12H2,1H3. The van der Waals surface area contributed by atoms with Crippen molar-refractivity contribution < 1.29 is 9.59 Å². The summed E-state index contributed by atoms with van der Waals surface area (Å²) in [5, 5.41) is 0. The van der Waals surface area contributed by atoms with Gasteiger partial charge in [0.25, 0.3) is 0 Å². The van der Waals surface area contributed by atoms with E-state index in [-0.39, 0.29) is 11.6 Å². The van der Waals surface area contributed by atoms with Crippen molar-refractivity contribution in [1.82, 2.24) is 0 Å². The summed E-state index contributed by atoms with van der Waals surface area (Å²) in [4.78, 5) is 24.3. The first-order valence-corrected chi connectivity index (χ1v) is 6.43. The van der Waals surface area contributed by atoms with E-state index >= 15 is 0 Å². The Kier molecular flexibility index (Phi) is 6.06. The Morgan fingerprint density at radius 3 is 2.50 bits per heavy atom. The highest BCUT2D eigenvalue weighted by Crippen LogP contribution is 2.17. The number of hydrogen-bond donors (Lipinski definition) is 0. The maximum Gasteiger partial charge on any atom is 0.173 e. The van der Waals surface area contributed by atoms with Crippen LogP contribution in [0, 0.1) is 5.92 Å². The summed E-state index contributed by atoms with van der Waals surface area (Å²) in [6.07, 6.45) is 4.36. The molecule has 0 amide bonds. The van der Waals surface area contributed by atoms with Gasteiger partial charge in [-0.05, 0) is 12.8 Å². The van der Waals surface area contributed by atoms with Crippen molar-refractivity contribution in [3.8, 4) is 0 Å². The molecule has 0 fully saturated rings. The highest BCUT2D eigenvalue weighted by molar-refractivity contribution is 6.10. The Morgan fingerprint density at radius 2 is 1.94 bits per heavy atom. The number of Topliss-reactive ketones (excluding diaryl/α,β-unsaturated/α-hetero) is 2. The highest BCUT2D eigenvalue weighted by Gasteiger charge is 2.25. The number of unbranched alkanes of at least 4 members (excludes halogenated alkanes) is 1. The van der Waals surface area contributed by atoms with Crippen LogP contribution in [0.15, 0.2) is 43.0 Å². The molecular weight excluding hydrogens is 224 g/mol. The second-order valence-corrected chi connectivity index (χ2v) is 4.38. The fraction of sp³-hybridized carbons (Fsp3) is 0.375. The van der Waals surface area contributed by atoms with E-state index < -0.39 is 5.92 Å². The molecule has 0 saturated carbocycles. The SMILES string of the molecule is C=CCC(C(=O)CCCC)C(=O)c1ccccc1. The quantitative estimate of drug-likeness (QED) is 0.396. The van der Waals surface area contributed by atoms with Crippen LogP contribution in [-0.2, 0) is 4.79 Å². The zero-order valence-electron chi connectivity index (χ0n) is 10.9. The molecule has 18 heavy (non-hydrogen) atoms. The first-order valence-electron chi connectivity index (χ1n) is 6.43. The molecule has 0 heterocycles. The maximum absolute atomic E-state index is 12.3. The molecule has 0 aliphatic heterocycles. The molecule has 0 aromatic heterocycles. The van der Waals surface area contributed by atoms with Gasteiger partial charge < -0.3 is 0 Å². The summed E-state index contributed by atoms with van der Waals surface area (Å²) in [7, 11) is 0. The average Bonchev–Trinajstić information content (AvgIpc) is 2.42. The molecule has 1 rings (SSSR count).